The zero-order valence-electron chi connectivity index (χ0n) is 9.55. The molecule has 0 unspecified atom stereocenters. The first-order valence-electron chi connectivity index (χ1n) is 5.52. The lowest BCUT2D eigenvalue weighted by Crippen LogP contribution is -2.43. The highest BCUT2D eigenvalue weighted by Crippen LogP contribution is 2.25. The average Bonchev–Trinajstić information content (AvgIpc) is 2.82. The Kier molecular flexibility index (Phi) is 3.47. The Hall–Kier alpha value is -2.08. The van der Waals surface area contributed by atoms with Gasteiger partial charge < -0.3 is 20.3 Å². The Balaban J connectivity index is 2.12. The smallest absolute Gasteiger partial charge is 0.328 e. The maximum absolute atomic E-state index is 11.8. The minimum absolute atomic E-state index is 0.360. The van der Waals surface area contributed by atoms with Crippen LogP contribution < -0.4 is 10.1 Å². The molecule has 18 heavy (non-hydrogen) atoms. The number of fused-ring (bicyclic) bond motifs is 1. The number of carbonyl (C=O) groups excluding carboxylic acids is 1. The first-order valence-corrected chi connectivity index (χ1v) is 5.52. The number of hydrogen-bond donors (Lipinski definition) is 3. The molecule has 3 N–H and O–H groups in total. The van der Waals surface area contributed by atoms with Gasteiger partial charge in [-0.2, -0.15) is 0 Å². The lowest BCUT2D eigenvalue weighted by atomic mass is 10.1. The number of benzene rings is 1. The molecule has 96 valence electrons. The molecular weight excluding hydrogens is 238 g/mol. The lowest BCUT2D eigenvalue weighted by molar-refractivity contribution is -0.140. The molecule has 0 aromatic heterocycles. The van der Waals surface area contributed by atoms with E-state index in [0.717, 1.165) is 17.7 Å². The highest BCUT2D eigenvalue weighted by molar-refractivity contribution is 5.97. The third-order valence-corrected chi connectivity index (χ3v) is 2.74. The summed E-state index contributed by atoms with van der Waals surface area (Å²) in [4.78, 5) is 22.5. The van der Waals surface area contributed by atoms with E-state index in [1.807, 2.05) is 0 Å². The van der Waals surface area contributed by atoms with Crippen molar-refractivity contribution < 1.29 is 24.5 Å². The highest BCUT2D eigenvalue weighted by Gasteiger charge is 2.21. The van der Waals surface area contributed by atoms with Gasteiger partial charge in [-0.05, 0) is 23.8 Å². The summed E-state index contributed by atoms with van der Waals surface area (Å²) in [6.45, 7) is -0.0517. The molecule has 1 aromatic carbocycles. The molecule has 0 radical (unpaired) electrons. The van der Waals surface area contributed by atoms with Crippen molar-refractivity contribution in [3.63, 3.8) is 0 Å². The summed E-state index contributed by atoms with van der Waals surface area (Å²) in [5, 5.41) is 19.8. The largest absolute Gasteiger partial charge is 0.493 e. The van der Waals surface area contributed by atoms with Crippen LogP contribution in [0.25, 0.3) is 0 Å². The fraction of sp³-hybridized carbons (Fsp3) is 0.333. The third kappa shape index (κ3) is 2.43. The lowest BCUT2D eigenvalue weighted by Gasteiger charge is -2.12. The summed E-state index contributed by atoms with van der Waals surface area (Å²) in [5.41, 5.74) is 1.29. The Morgan fingerprint density at radius 3 is 2.89 bits per heavy atom. The summed E-state index contributed by atoms with van der Waals surface area (Å²) in [6, 6.07) is 3.64. The third-order valence-electron chi connectivity index (χ3n) is 2.74. The van der Waals surface area contributed by atoms with E-state index in [2.05, 4.69) is 5.32 Å². The molecule has 0 fully saturated rings. The number of carbonyl (C=O) groups is 2. The summed E-state index contributed by atoms with van der Waals surface area (Å²) < 4.78 is 5.31. The highest BCUT2D eigenvalue weighted by atomic mass is 16.5. The molecule has 1 amide bonds. The van der Waals surface area contributed by atoms with Gasteiger partial charge in [0.05, 0.1) is 13.2 Å². The van der Waals surface area contributed by atoms with Gasteiger partial charge in [0.1, 0.15) is 5.75 Å². The molecule has 1 aromatic rings. The minimum atomic E-state index is -1.29. The van der Waals surface area contributed by atoms with Gasteiger partial charge in [0.2, 0.25) is 0 Å². The quantitative estimate of drug-likeness (QED) is 0.688. The van der Waals surface area contributed by atoms with Gasteiger partial charge in [-0.15, -0.1) is 0 Å². The van der Waals surface area contributed by atoms with E-state index in [1.54, 1.807) is 18.2 Å². The number of ether oxygens (including phenoxy) is 1. The first-order chi connectivity index (χ1) is 8.61. The average molecular weight is 251 g/mol. The zero-order chi connectivity index (χ0) is 13.1. The van der Waals surface area contributed by atoms with Gasteiger partial charge in [-0.1, -0.05) is 0 Å². The molecule has 1 heterocycles. The molecule has 0 bridgehead atoms. The van der Waals surface area contributed by atoms with E-state index in [9.17, 15) is 9.59 Å². The molecule has 2 rings (SSSR count). The van der Waals surface area contributed by atoms with Crippen LogP contribution in [0.5, 0.6) is 5.75 Å². The Morgan fingerprint density at radius 2 is 2.22 bits per heavy atom. The van der Waals surface area contributed by atoms with Crippen molar-refractivity contribution in [3.05, 3.63) is 29.3 Å². The van der Waals surface area contributed by atoms with Gasteiger partial charge in [0, 0.05) is 12.0 Å². The van der Waals surface area contributed by atoms with Crippen LogP contribution >= 0.6 is 0 Å². The Bertz CT molecular complexity index is 485. The van der Waals surface area contributed by atoms with Crippen LogP contribution in [0.1, 0.15) is 15.9 Å². The van der Waals surface area contributed by atoms with Gasteiger partial charge in [-0.25, -0.2) is 4.79 Å². The molecule has 0 spiro atoms. The summed E-state index contributed by atoms with van der Waals surface area (Å²) >= 11 is 0. The molecule has 1 atom stereocenters. The Morgan fingerprint density at radius 1 is 1.44 bits per heavy atom. The monoisotopic (exact) mass is 251 g/mol. The Labute approximate surface area is 103 Å². The van der Waals surface area contributed by atoms with Crippen LogP contribution in [0.15, 0.2) is 18.2 Å². The standard InChI is InChI=1S/C12H13NO5/c14-6-9(12(16)17)13-11(15)8-1-2-10-7(5-8)3-4-18-10/h1-2,5,9,14H,3-4,6H2,(H,13,15)(H,16,17)/t9-/m0/s1. The van der Waals surface area contributed by atoms with Crippen molar-refractivity contribution in [2.24, 2.45) is 0 Å². The second kappa shape index (κ2) is 5.05. The summed E-state index contributed by atoms with van der Waals surface area (Å²) in [6.07, 6.45) is 0.735. The fourth-order valence-corrected chi connectivity index (χ4v) is 1.75. The van der Waals surface area contributed by atoms with Gasteiger partial charge in [0.25, 0.3) is 5.91 Å². The molecule has 0 saturated carbocycles. The number of nitrogens with one attached hydrogen (secondary N) is 1. The van der Waals surface area contributed by atoms with Crippen LogP contribution in [0.4, 0.5) is 0 Å². The molecule has 1 aliphatic rings. The van der Waals surface area contributed by atoms with Crippen LogP contribution in [-0.2, 0) is 11.2 Å². The minimum Gasteiger partial charge on any atom is -0.493 e. The van der Waals surface area contributed by atoms with Crippen molar-refractivity contribution >= 4 is 11.9 Å². The molecule has 1 aliphatic heterocycles. The molecule has 6 nitrogen and oxygen atoms in total. The molecule has 6 heteroatoms. The van der Waals surface area contributed by atoms with Crippen molar-refractivity contribution in [1.82, 2.24) is 5.32 Å². The number of amides is 1. The van der Waals surface area contributed by atoms with Gasteiger partial charge in [0.15, 0.2) is 6.04 Å². The topological polar surface area (TPSA) is 95.9 Å². The van der Waals surface area contributed by atoms with Crippen LogP contribution in [0.2, 0.25) is 0 Å². The maximum Gasteiger partial charge on any atom is 0.328 e. The number of hydrogen-bond acceptors (Lipinski definition) is 4. The van der Waals surface area contributed by atoms with Gasteiger partial charge >= 0.3 is 5.97 Å². The maximum atomic E-state index is 11.8. The number of carboxylic acids is 1. The predicted octanol–water partition coefficient (Wildman–Crippen LogP) is -0.203. The normalized spacial score (nSPS) is 14.5. The van der Waals surface area contributed by atoms with Crippen LogP contribution in [0, 0.1) is 0 Å². The van der Waals surface area contributed by atoms with E-state index >= 15 is 0 Å². The molecule has 0 aliphatic carbocycles. The summed E-state index contributed by atoms with van der Waals surface area (Å²) in [5.74, 6) is -1.04. The van der Waals surface area contributed by atoms with E-state index in [1.165, 1.54) is 0 Å². The molecular formula is C12H13NO5. The molecule has 0 saturated heterocycles. The van der Waals surface area contributed by atoms with E-state index in [0.29, 0.717) is 12.2 Å². The van der Waals surface area contributed by atoms with Gasteiger partial charge in [-0.3, -0.25) is 4.79 Å². The van der Waals surface area contributed by atoms with E-state index in [-0.39, 0.29) is 0 Å². The van der Waals surface area contributed by atoms with Crippen molar-refractivity contribution in [2.75, 3.05) is 13.2 Å². The first kappa shape index (κ1) is 12.4. The zero-order valence-corrected chi connectivity index (χ0v) is 9.55. The van der Waals surface area contributed by atoms with Crippen molar-refractivity contribution in [3.8, 4) is 5.75 Å². The van der Waals surface area contributed by atoms with E-state index < -0.39 is 24.5 Å². The van der Waals surface area contributed by atoms with Crippen molar-refractivity contribution in [1.29, 1.82) is 0 Å². The SMILES string of the molecule is O=C(N[C@@H](CO)C(=O)O)c1ccc2c(c1)CCO2. The fourth-order valence-electron chi connectivity index (χ4n) is 1.75. The number of aliphatic hydroxyl groups is 1. The second-order valence-electron chi connectivity index (χ2n) is 3.97. The number of aliphatic hydroxyl groups excluding tert-OH is 1. The van der Waals surface area contributed by atoms with Crippen LogP contribution in [0.3, 0.4) is 0 Å². The summed E-state index contributed by atoms with van der Waals surface area (Å²) in [7, 11) is 0. The van der Waals surface area contributed by atoms with E-state index in [4.69, 9.17) is 14.9 Å². The number of carboxylic acid groups (broad SMARTS) is 1. The van der Waals surface area contributed by atoms with Crippen molar-refractivity contribution in [2.45, 2.75) is 12.5 Å². The number of aliphatic carboxylic acids is 1. The number of rotatable bonds is 4. The predicted molar refractivity (Wildman–Crippen MR) is 61.6 cm³/mol. The van der Waals surface area contributed by atoms with Crippen LogP contribution in [-0.4, -0.2) is 41.3 Å². The second-order valence-corrected chi connectivity index (χ2v) is 3.97.